The summed E-state index contributed by atoms with van der Waals surface area (Å²) in [6, 6.07) is 12.5. The van der Waals surface area contributed by atoms with Gasteiger partial charge in [0.05, 0.1) is 11.5 Å². The zero-order chi connectivity index (χ0) is 17.1. The zero-order valence-corrected chi connectivity index (χ0v) is 13.2. The predicted octanol–water partition coefficient (Wildman–Crippen LogP) is 1.45. The van der Waals surface area contributed by atoms with Crippen LogP contribution in [0.5, 0.6) is 0 Å². The van der Waals surface area contributed by atoms with Crippen molar-refractivity contribution in [2.75, 3.05) is 5.84 Å². The smallest absolute Gasteiger partial charge is 0.210 e. The van der Waals surface area contributed by atoms with Gasteiger partial charge in [0.1, 0.15) is 5.82 Å². The van der Waals surface area contributed by atoms with Gasteiger partial charge in [0.2, 0.25) is 5.16 Å². The monoisotopic (exact) mass is 343 g/mol. The van der Waals surface area contributed by atoms with Gasteiger partial charge in [-0.1, -0.05) is 48.2 Å². The van der Waals surface area contributed by atoms with Gasteiger partial charge in [-0.15, -0.1) is 10.2 Å². The van der Waals surface area contributed by atoms with Crippen LogP contribution in [0.4, 0.5) is 4.39 Å². The molecule has 3 rings (SSSR count). The summed E-state index contributed by atoms with van der Waals surface area (Å²) in [4.78, 5) is 10.7. The number of carbonyl (C=O) groups excluding carboxylic acids is 1. The summed E-state index contributed by atoms with van der Waals surface area (Å²) >= 11 is 1.31. The van der Waals surface area contributed by atoms with Crippen LogP contribution in [0.2, 0.25) is 0 Å². The van der Waals surface area contributed by atoms with E-state index in [4.69, 9.17) is 5.84 Å². The third-order valence-electron chi connectivity index (χ3n) is 3.34. The fourth-order valence-corrected chi connectivity index (χ4v) is 2.90. The number of carboxylic acids is 1. The number of aromatic nitrogens is 3. The molecule has 1 aromatic heterocycles. The van der Waals surface area contributed by atoms with Gasteiger partial charge in [0.15, 0.2) is 5.82 Å². The van der Waals surface area contributed by atoms with Gasteiger partial charge in [-0.25, -0.2) is 9.07 Å². The molecular formula is C16H12FN4O2S-. The standard InChI is InChI=1S/C16H13FN4O2S/c17-13-4-2-1-3-12(13)14-19-20-16(21(14)18)24-9-10-5-7-11(8-6-10)15(22)23/h1-8H,9,18H2,(H,22,23)/p-1. The van der Waals surface area contributed by atoms with Crippen molar-refractivity contribution < 1.29 is 14.3 Å². The molecule has 122 valence electrons. The van der Waals surface area contributed by atoms with Crippen LogP contribution < -0.4 is 10.9 Å². The maximum absolute atomic E-state index is 13.8. The van der Waals surface area contributed by atoms with E-state index in [0.29, 0.717) is 10.9 Å². The number of rotatable bonds is 5. The Morgan fingerprint density at radius 1 is 1.17 bits per heavy atom. The molecule has 3 aromatic rings. The number of halogens is 1. The number of hydrogen-bond acceptors (Lipinski definition) is 6. The first-order valence-corrected chi connectivity index (χ1v) is 7.93. The highest BCUT2D eigenvalue weighted by Crippen LogP contribution is 2.25. The van der Waals surface area contributed by atoms with Crippen LogP contribution >= 0.6 is 11.8 Å². The van der Waals surface area contributed by atoms with Gasteiger partial charge in [-0.05, 0) is 23.3 Å². The maximum Gasteiger partial charge on any atom is 0.210 e. The van der Waals surface area contributed by atoms with Crippen molar-refractivity contribution >= 4 is 17.7 Å². The Bertz CT molecular complexity index is 880. The minimum absolute atomic E-state index is 0.118. The van der Waals surface area contributed by atoms with Gasteiger partial charge in [-0.3, -0.25) is 0 Å². The van der Waals surface area contributed by atoms with Gasteiger partial charge < -0.3 is 15.7 Å². The lowest BCUT2D eigenvalue weighted by molar-refractivity contribution is -0.255. The van der Waals surface area contributed by atoms with Crippen molar-refractivity contribution in [1.82, 2.24) is 14.9 Å². The second-order valence-corrected chi connectivity index (χ2v) is 5.87. The van der Waals surface area contributed by atoms with Crippen molar-refractivity contribution in [2.24, 2.45) is 0 Å². The van der Waals surface area contributed by atoms with Crippen LogP contribution in [0.15, 0.2) is 53.7 Å². The van der Waals surface area contributed by atoms with E-state index in [2.05, 4.69) is 10.2 Å². The number of nitrogens with zero attached hydrogens (tertiary/aromatic N) is 3. The highest BCUT2D eigenvalue weighted by Gasteiger charge is 2.15. The van der Waals surface area contributed by atoms with E-state index in [0.717, 1.165) is 5.56 Å². The second kappa shape index (κ2) is 6.71. The first kappa shape index (κ1) is 16.0. The molecule has 0 fully saturated rings. The van der Waals surface area contributed by atoms with Gasteiger partial charge in [0.25, 0.3) is 0 Å². The van der Waals surface area contributed by atoms with Gasteiger partial charge in [0, 0.05) is 5.75 Å². The van der Waals surface area contributed by atoms with E-state index in [1.54, 1.807) is 30.3 Å². The molecule has 8 heteroatoms. The number of nitrogen functional groups attached to an aromatic ring is 1. The minimum atomic E-state index is -1.22. The van der Waals surface area contributed by atoms with Crippen LogP contribution in [-0.2, 0) is 5.75 Å². The molecule has 0 aliphatic heterocycles. The van der Waals surface area contributed by atoms with E-state index in [1.165, 1.54) is 34.6 Å². The SMILES string of the molecule is Nn1c(SCc2ccc(C(=O)[O-])cc2)nnc1-c1ccccc1F. The Hall–Kier alpha value is -2.87. The highest BCUT2D eigenvalue weighted by molar-refractivity contribution is 7.98. The van der Waals surface area contributed by atoms with Crippen molar-refractivity contribution in [3.05, 3.63) is 65.5 Å². The number of aromatic carboxylic acids is 1. The van der Waals surface area contributed by atoms with Crippen LogP contribution in [0.1, 0.15) is 15.9 Å². The lowest BCUT2D eigenvalue weighted by Gasteiger charge is -2.06. The van der Waals surface area contributed by atoms with E-state index in [9.17, 15) is 14.3 Å². The molecular weight excluding hydrogens is 331 g/mol. The molecule has 0 amide bonds. The Labute approximate surface area is 141 Å². The maximum atomic E-state index is 13.8. The number of benzene rings is 2. The average molecular weight is 343 g/mol. The lowest BCUT2D eigenvalue weighted by Crippen LogP contribution is -2.21. The number of nitrogens with two attached hydrogens (primary N) is 1. The number of hydrogen-bond donors (Lipinski definition) is 1. The summed E-state index contributed by atoms with van der Waals surface area (Å²) < 4.78 is 15.1. The van der Waals surface area contributed by atoms with Crippen molar-refractivity contribution in [3.8, 4) is 11.4 Å². The molecule has 0 unspecified atom stereocenters. The third-order valence-corrected chi connectivity index (χ3v) is 4.35. The number of carboxylic acid groups (broad SMARTS) is 1. The largest absolute Gasteiger partial charge is 0.545 e. The predicted molar refractivity (Wildman–Crippen MR) is 85.9 cm³/mol. The lowest BCUT2D eigenvalue weighted by atomic mass is 10.1. The van der Waals surface area contributed by atoms with Crippen LogP contribution in [-0.4, -0.2) is 20.8 Å². The average Bonchev–Trinajstić information content (AvgIpc) is 2.94. The number of carbonyl (C=O) groups is 1. The van der Waals surface area contributed by atoms with E-state index in [1.807, 2.05) is 0 Å². The summed E-state index contributed by atoms with van der Waals surface area (Å²) in [5, 5.41) is 19.1. The van der Waals surface area contributed by atoms with Crippen LogP contribution in [0.3, 0.4) is 0 Å². The van der Waals surface area contributed by atoms with Crippen LogP contribution in [0.25, 0.3) is 11.4 Å². The summed E-state index contributed by atoms with van der Waals surface area (Å²) in [5.41, 5.74) is 1.28. The highest BCUT2D eigenvalue weighted by atomic mass is 32.2. The molecule has 0 radical (unpaired) electrons. The Morgan fingerprint density at radius 3 is 2.54 bits per heavy atom. The fraction of sp³-hybridized carbons (Fsp3) is 0.0625. The molecule has 0 aliphatic carbocycles. The second-order valence-electron chi connectivity index (χ2n) is 4.93. The topological polar surface area (TPSA) is 96.9 Å². The first-order valence-electron chi connectivity index (χ1n) is 6.94. The molecule has 0 aliphatic rings. The molecule has 24 heavy (non-hydrogen) atoms. The van der Waals surface area contributed by atoms with Gasteiger partial charge in [-0.2, -0.15) is 0 Å². The summed E-state index contributed by atoms with van der Waals surface area (Å²) in [5.74, 6) is 5.06. The molecule has 0 spiro atoms. The molecule has 0 atom stereocenters. The number of thioether (sulfide) groups is 1. The zero-order valence-electron chi connectivity index (χ0n) is 12.3. The van der Waals surface area contributed by atoms with E-state index in [-0.39, 0.29) is 17.0 Å². The summed E-state index contributed by atoms with van der Waals surface area (Å²) in [7, 11) is 0. The summed E-state index contributed by atoms with van der Waals surface area (Å²) in [6.45, 7) is 0. The van der Waals surface area contributed by atoms with E-state index < -0.39 is 11.8 Å². The Morgan fingerprint density at radius 2 is 1.88 bits per heavy atom. The Kier molecular flexibility index (Phi) is 4.48. The molecule has 0 saturated heterocycles. The van der Waals surface area contributed by atoms with Crippen molar-refractivity contribution in [1.29, 1.82) is 0 Å². The first-order chi connectivity index (χ1) is 11.6. The van der Waals surface area contributed by atoms with Crippen molar-refractivity contribution in [3.63, 3.8) is 0 Å². The third kappa shape index (κ3) is 3.23. The Balaban J connectivity index is 1.75. The fourth-order valence-electron chi connectivity index (χ4n) is 2.09. The quantitative estimate of drug-likeness (QED) is 0.556. The summed E-state index contributed by atoms with van der Waals surface area (Å²) in [6.07, 6.45) is 0. The molecule has 1 heterocycles. The molecule has 0 bridgehead atoms. The van der Waals surface area contributed by atoms with Crippen molar-refractivity contribution in [2.45, 2.75) is 10.9 Å². The van der Waals surface area contributed by atoms with E-state index >= 15 is 0 Å². The molecule has 2 N–H and O–H groups in total. The minimum Gasteiger partial charge on any atom is -0.545 e. The van der Waals surface area contributed by atoms with Crippen LogP contribution in [0, 0.1) is 5.82 Å². The van der Waals surface area contributed by atoms with Gasteiger partial charge >= 0.3 is 0 Å². The molecule has 0 saturated carbocycles. The molecule has 6 nitrogen and oxygen atoms in total. The normalized spacial score (nSPS) is 10.7. The molecule has 2 aromatic carbocycles.